The van der Waals surface area contributed by atoms with Crippen LogP contribution >= 0.6 is 15.9 Å². The van der Waals surface area contributed by atoms with Gasteiger partial charge in [-0.05, 0) is 23.6 Å². The number of rotatable bonds is 6. The van der Waals surface area contributed by atoms with Crippen LogP contribution in [-0.2, 0) is 17.6 Å². The number of ether oxygens (including phenoxy) is 1. The van der Waals surface area contributed by atoms with Gasteiger partial charge < -0.3 is 4.74 Å². The lowest BCUT2D eigenvalue weighted by Gasteiger charge is -2.13. The molecule has 0 saturated heterocycles. The van der Waals surface area contributed by atoms with E-state index in [0.717, 1.165) is 5.56 Å². The Balaban J connectivity index is 3.00. The van der Waals surface area contributed by atoms with E-state index in [-0.39, 0.29) is 23.3 Å². The van der Waals surface area contributed by atoms with Crippen molar-refractivity contribution in [2.24, 2.45) is 0 Å². The van der Waals surface area contributed by atoms with Crippen molar-refractivity contribution >= 4 is 21.7 Å². The van der Waals surface area contributed by atoms with E-state index in [9.17, 15) is 13.6 Å². The first-order valence-corrected chi connectivity index (χ1v) is 6.33. The molecule has 0 amide bonds. The molecule has 0 spiro atoms. The molecular formula is C12H13BrF2O2. The zero-order valence-corrected chi connectivity index (χ0v) is 11.0. The monoisotopic (exact) mass is 306 g/mol. The number of benzene rings is 1. The molecule has 0 N–H and O–H groups in total. The molecule has 1 aromatic rings. The van der Waals surface area contributed by atoms with Crippen LogP contribution in [-0.4, -0.2) is 17.7 Å². The molecular weight excluding hydrogens is 294 g/mol. The van der Waals surface area contributed by atoms with E-state index in [1.54, 1.807) is 12.1 Å². The average molecular weight is 307 g/mol. The lowest BCUT2D eigenvalue weighted by molar-refractivity contribution is -0.115. The number of Topliss-reactive ketones (excluding diaryl/α,β-unsaturated/α-hetero) is 1. The second-order valence-electron chi connectivity index (χ2n) is 3.47. The summed E-state index contributed by atoms with van der Waals surface area (Å²) >= 11 is 3.08. The molecule has 0 radical (unpaired) electrons. The number of hydrogen-bond donors (Lipinski definition) is 0. The van der Waals surface area contributed by atoms with Crippen LogP contribution in [0.1, 0.15) is 18.1 Å². The molecule has 0 atom stereocenters. The summed E-state index contributed by atoms with van der Waals surface area (Å²) in [6, 6.07) is 4.87. The molecule has 0 fully saturated rings. The third kappa shape index (κ3) is 4.07. The van der Waals surface area contributed by atoms with Crippen LogP contribution in [0.15, 0.2) is 18.2 Å². The Kier molecular flexibility index (Phi) is 5.55. The number of halogens is 3. The third-order valence-corrected chi connectivity index (χ3v) is 2.96. The van der Waals surface area contributed by atoms with Gasteiger partial charge in [-0.2, -0.15) is 8.78 Å². The quantitative estimate of drug-likeness (QED) is 0.753. The summed E-state index contributed by atoms with van der Waals surface area (Å²) in [5, 5.41) is 0.260. The molecule has 17 heavy (non-hydrogen) atoms. The standard InChI is InChI=1S/C12H13BrF2O2/c1-2-10-8(6-9(16)7-13)4-3-5-11(10)17-12(14)15/h3-5,12H,2,6-7H2,1H3. The molecule has 0 saturated carbocycles. The fourth-order valence-electron chi connectivity index (χ4n) is 1.64. The summed E-state index contributed by atoms with van der Waals surface area (Å²) in [4.78, 5) is 11.3. The second kappa shape index (κ2) is 6.69. The number of alkyl halides is 3. The van der Waals surface area contributed by atoms with Gasteiger partial charge in [0.1, 0.15) is 11.5 Å². The summed E-state index contributed by atoms with van der Waals surface area (Å²) in [6.07, 6.45) is 0.780. The molecule has 1 rings (SSSR count). The van der Waals surface area contributed by atoms with Gasteiger partial charge in [-0.1, -0.05) is 35.0 Å². The van der Waals surface area contributed by atoms with Crippen molar-refractivity contribution in [2.45, 2.75) is 26.4 Å². The highest BCUT2D eigenvalue weighted by atomic mass is 79.9. The molecule has 1 aromatic carbocycles. The minimum Gasteiger partial charge on any atom is -0.435 e. The van der Waals surface area contributed by atoms with Crippen LogP contribution in [0.5, 0.6) is 5.75 Å². The topological polar surface area (TPSA) is 26.3 Å². The van der Waals surface area contributed by atoms with Gasteiger partial charge in [-0.3, -0.25) is 4.79 Å². The first kappa shape index (κ1) is 14.1. The maximum absolute atomic E-state index is 12.2. The smallest absolute Gasteiger partial charge is 0.387 e. The minimum atomic E-state index is -2.84. The SMILES string of the molecule is CCc1c(CC(=O)CBr)cccc1OC(F)F. The minimum absolute atomic E-state index is 0.00824. The highest BCUT2D eigenvalue weighted by Gasteiger charge is 2.13. The first-order chi connectivity index (χ1) is 8.08. The molecule has 0 aliphatic heterocycles. The van der Waals surface area contributed by atoms with Crippen LogP contribution < -0.4 is 4.74 Å². The Labute approximate surface area is 107 Å². The van der Waals surface area contributed by atoms with E-state index in [2.05, 4.69) is 20.7 Å². The van der Waals surface area contributed by atoms with Crippen molar-refractivity contribution in [3.05, 3.63) is 29.3 Å². The molecule has 5 heteroatoms. The van der Waals surface area contributed by atoms with Gasteiger partial charge in [0.2, 0.25) is 0 Å². The summed E-state index contributed by atoms with van der Waals surface area (Å²) in [7, 11) is 0. The fourth-order valence-corrected chi connectivity index (χ4v) is 1.84. The Morgan fingerprint density at radius 2 is 2.18 bits per heavy atom. The number of ketones is 1. The van der Waals surface area contributed by atoms with Crippen LogP contribution in [0.2, 0.25) is 0 Å². The van der Waals surface area contributed by atoms with Gasteiger partial charge in [0.05, 0.1) is 5.33 Å². The zero-order chi connectivity index (χ0) is 12.8. The van der Waals surface area contributed by atoms with Crippen molar-refractivity contribution in [1.82, 2.24) is 0 Å². The lowest BCUT2D eigenvalue weighted by atomic mass is 10.00. The summed E-state index contributed by atoms with van der Waals surface area (Å²) in [6.45, 7) is -1.00. The van der Waals surface area contributed by atoms with E-state index in [1.165, 1.54) is 6.07 Å². The van der Waals surface area contributed by atoms with Gasteiger partial charge in [-0.15, -0.1) is 0 Å². The maximum atomic E-state index is 12.2. The fraction of sp³-hybridized carbons (Fsp3) is 0.417. The van der Waals surface area contributed by atoms with Gasteiger partial charge in [0, 0.05) is 6.42 Å². The first-order valence-electron chi connectivity index (χ1n) is 5.21. The van der Waals surface area contributed by atoms with E-state index in [0.29, 0.717) is 12.0 Å². The predicted molar refractivity (Wildman–Crippen MR) is 65.0 cm³/mol. The molecule has 0 unspecified atom stereocenters. The second-order valence-corrected chi connectivity index (χ2v) is 4.04. The van der Waals surface area contributed by atoms with Crippen LogP contribution in [0.3, 0.4) is 0 Å². The largest absolute Gasteiger partial charge is 0.435 e. The Hall–Kier alpha value is -0.970. The van der Waals surface area contributed by atoms with Crippen molar-refractivity contribution in [1.29, 1.82) is 0 Å². The Bertz CT molecular complexity index is 394. The van der Waals surface area contributed by atoms with Gasteiger partial charge in [0.15, 0.2) is 0 Å². The normalized spacial score (nSPS) is 10.6. The molecule has 0 aromatic heterocycles. The van der Waals surface area contributed by atoms with E-state index in [1.807, 2.05) is 6.92 Å². The van der Waals surface area contributed by atoms with Crippen molar-refractivity contribution < 1.29 is 18.3 Å². The number of hydrogen-bond acceptors (Lipinski definition) is 2. The van der Waals surface area contributed by atoms with Crippen molar-refractivity contribution in [2.75, 3.05) is 5.33 Å². The highest BCUT2D eigenvalue weighted by molar-refractivity contribution is 9.09. The number of carbonyl (C=O) groups excluding carboxylic acids is 1. The van der Waals surface area contributed by atoms with Crippen molar-refractivity contribution in [3.63, 3.8) is 0 Å². The van der Waals surface area contributed by atoms with Crippen molar-refractivity contribution in [3.8, 4) is 5.75 Å². The number of carbonyl (C=O) groups is 1. The van der Waals surface area contributed by atoms with E-state index in [4.69, 9.17) is 0 Å². The lowest BCUT2D eigenvalue weighted by Crippen LogP contribution is -2.09. The van der Waals surface area contributed by atoms with Gasteiger partial charge >= 0.3 is 6.61 Å². The summed E-state index contributed by atoms with van der Waals surface area (Å²) in [5.41, 5.74) is 1.41. The molecule has 0 heterocycles. The Morgan fingerprint density at radius 1 is 1.47 bits per heavy atom. The average Bonchev–Trinajstić information content (AvgIpc) is 2.28. The van der Waals surface area contributed by atoms with Gasteiger partial charge in [0.25, 0.3) is 0 Å². The zero-order valence-electron chi connectivity index (χ0n) is 9.38. The van der Waals surface area contributed by atoms with E-state index >= 15 is 0 Å². The maximum Gasteiger partial charge on any atom is 0.387 e. The van der Waals surface area contributed by atoms with Crippen LogP contribution in [0, 0.1) is 0 Å². The molecule has 0 aliphatic carbocycles. The van der Waals surface area contributed by atoms with Gasteiger partial charge in [-0.25, -0.2) is 0 Å². The van der Waals surface area contributed by atoms with Crippen LogP contribution in [0.25, 0.3) is 0 Å². The van der Waals surface area contributed by atoms with Crippen LogP contribution in [0.4, 0.5) is 8.78 Å². The predicted octanol–water partition coefficient (Wildman–Crippen LogP) is 3.36. The Morgan fingerprint density at radius 3 is 2.71 bits per heavy atom. The molecule has 2 nitrogen and oxygen atoms in total. The highest BCUT2D eigenvalue weighted by Crippen LogP contribution is 2.25. The summed E-state index contributed by atoms with van der Waals surface area (Å²) < 4.78 is 28.8. The molecule has 94 valence electrons. The molecule has 0 bridgehead atoms. The third-order valence-electron chi connectivity index (χ3n) is 2.34. The molecule has 0 aliphatic rings. The van der Waals surface area contributed by atoms with E-state index < -0.39 is 6.61 Å². The summed E-state index contributed by atoms with van der Waals surface area (Å²) in [5.74, 6) is 0.163.